The lowest BCUT2D eigenvalue weighted by atomic mass is 9.87. The lowest BCUT2D eigenvalue weighted by molar-refractivity contribution is -0.137. The highest BCUT2D eigenvalue weighted by molar-refractivity contribution is 5.49. The summed E-state index contributed by atoms with van der Waals surface area (Å²) in [6, 6.07) is 1.98. The predicted molar refractivity (Wildman–Crippen MR) is 75.3 cm³/mol. The van der Waals surface area contributed by atoms with E-state index >= 15 is 0 Å². The van der Waals surface area contributed by atoms with Gasteiger partial charge in [0.1, 0.15) is 11.6 Å². The molecule has 0 amide bonds. The van der Waals surface area contributed by atoms with E-state index < -0.39 is 11.7 Å². The zero-order chi connectivity index (χ0) is 15.5. The molecule has 7 heteroatoms. The molecule has 1 heterocycles. The van der Waals surface area contributed by atoms with Crippen LogP contribution in [0, 0.1) is 5.41 Å². The number of rotatable bonds is 5. The summed E-state index contributed by atoms with van der Waals surface area (Å²) in [5.41, 5.74) is -0.982. The molecule has 0 atom stereocenters. The van der Waals surface area contributed by atoms with Crippen molar-refractivity contribution in [2.24, 2.45) is 5.41 Å². The van der Waals surface area contributed by atoms with E-state index in [0.29, 0.717) is 6.54 Å². The maximum Gasteiger partial charge on any atom is 0.416 e. The average Bonchev–Trinajstić information content (AvgIpc) is 2.93. The van der Waals surface area contributed by atoms with E-state index in [1.54, 1.807) is 0 Å². The Kier molecular flexibility index (Phi) is 4.61. The summed E-state index contributed by atoms with van der Waals surface area (Å²) in [5.74, 6) is 0.339. The smallest absolute Gasteiger partial charge is 0.396 e. The number of aliphatic hydroxyl groups excluding tert-OH is 1. The minimum atomic E-state index is -4.41. The van der Waals surface area contributed by atoms with Gasteiger partial charge in [0.15, 0.2) is 0 Å². The summed E-state index contributed by atoms with van der Waals surface area (Å²) in [4.78, 5) is 4.09. The van der Waals surface area contributed by atoms with Crippen LogP contribution >= 0.6 is 0 Å². The van der Waals surface area contributed by atoms with Gasteiger partial charge in [0.05, 0.1) is 12.2 Å². The van der Waals surface area contributed by atoms with Gasteiger partial charge in [-0.15, -0.1) is 0 Å². The van der Waals surface area contributed by atoms with Crippen molar-refractivity contribution < 1.29 is 18.3 Å². The van der Waals surface area contributed by atoms with Gasteiger partial charge in [0, 0.05) is 19.0 Å². The van der Waals surface area contributed by atoms with Crippen LogP contribution in [0.1, 0.15) is 31.2 Å². The van der Waals surface area contributed by atoms with Crippen LogP contribution in [-0.4, -0.2) is 30.3 Å². The largest absolute Gasteiger partial charge is 0.416 e. The van der Waals surface area contributed by atoms with E-state index in [0.717, 1.165) is 37.8 Å². The third-order valence-corrected chi connectivity index (χ3v) is 4.05. The molecule has 2 rings (SSSR count). The number of halogens is 3. The number of hydrogen-bond donors (Lipinski definition) is 3. The highest BCUT2D eigenvalue weighted by Gasteiger charge is 2.34. The number of hydrogen-bond acceptors (Lipinski definition) is 4. The van der Waals surface area contributed by atoms with Gasteiger partial charge in [-0.25, -0.2) is 4.98 Å². The zero-order valence-corrected chi connectivity index (χ0v) is 11.9. The van der Waals surface area contributed by atoms with Crippen molar-refractivity contribution in [1.29, 1.82) is 0 Å². The molecule has 1 aromatic heterocycles. The van der Waals surface area contributed by atoms with Gasteiger partial charge >= 0.3 is 6.18 Å². The van der Waals surface area contributed by atoms with Gasteiger partial charge in [-0.3, -0.25) is 0 Å². The molecule has 21 heavy (non-hydrogen) atoms. The minimum absolute atomic E-state index is 0.0395. The molecule has 1 aliphatic carbocycles. The standard InChI is InChI=1S/C14H20F3N3O/c1-18-11-6-10(14(15,16)17)7-12(20-11)19-8-13(9-21)4-2-3-5-13/h6-7,21H,2-5,8-9H2,1H3,(H2,18,19,20). The first-order chi connectivity index (χ1) is 9.88. The summed E-state index contributed by atoms with van der Waals surface area (Å²) in [7, 11) is 1.53. The quantitative estimate of drug-likeness (QED) is 0.782. The molecule has 1 aliphatic rings. The van der Waals surface area contributed by atoms with Gasteiger partial charge in [-0.2, -0.15) is 13.2 Å². The number of aromatic nitrogens is 1. The van der Waals surface area contributed by atoms with Crippen molar-refractivity contribution in [1.82, 2.24) is 4.98 Å². The maximum absolute atomic E-state index is 12.8. The molecule has 0 spiro atoms. The Bertz CT molecular complexity index is 485. The Morgan fingerprint density at radius 3 is 2.38 bits per heavy atom. The number of aliphatic hydroxyl groups is 1. The van der Waals surface area contributed by atoms with Crippen LogP contribution < -0.4 is 10.6 Å². The molecular weight excluding hydrogens is 283 g/mol. The highest BCUT2D eigenvalue weighted by atomic mass is 19.4. The average molecular weight is 303 g/mol. The van der Waals surface area contributed by atoms with Gasteiger partial charge < -0.3 is 15.7 Å². The molecule has 0 unspecified atom stereocenters. The molecule has 1 aromatic rings. The number of anilines is 2. The molecule has 118 valence electrons. The molecule has 4 nitrogen and oxygen atoms in total. The van der Waals surface area contributed by atoms with Crippen molar-refractivity contribution in [2.75, 3.05) is 30.8 Å². The number of nitrogens with zero attached hydrogens (tertiary/aromatic N) is 1. The minimum Gasteiger partial charge on any atom is -0.396 e. The summed E-state index contributed by atoms with van der Waals surface area (Å²) in [6.45, 7) is 0.471. The Balaban J connectivity index is 2.15. The lowest BCUT2D eigenvalue weighted by Crippen LogP contribution is -2.30. The maximum atomic E-state index is 12.8. The molecule has 0 aliphatic heterocycles. The monoisotopic (exact) mass is 303 g/mol. The van der Waals surface area contributed by atoms with Crippen LogP contribution in [0.15, 0.2) is 12.1 Å². The number of nitrogens with one attached hydrogen (secondary N) is 2. The highest BCUT2D eigenvalue weighted by Crippen LogP contribution is 2.38. The van der Waals surface area contributed by atoms with Crippen molar-refractivity contribution in [3.8, 4) is 0 Å². The summed E-state index contributed by atoms with van der Waals surface area (Å²) in [6.07, 6.45) is -0.560. The molecule has 1 fully saturated rings. The summed E-state index contributed by atoms with van der Waals surface area (Å²) in [5, 5.41) is 15.1. The van der Waals surface area contributed by atoms with Gasteiger partial charge in [-0.1, -0.05) is 12.8 Å². The fourth-order valence-corrected chi connectivity index (χ4v) is 2.71. The van der Waals surface area contributed by atoms with E-state index in [1.807, 2.05) is 0 Å². The topological polar surface area (TPSA) is 57.2 Å². The SMILES string of the molecule is CNc1cc(C(F)(F)F)cc(NCC2(CO)CCCC2)n1. The summed E-state index contributed by atoms with van der Waals surface area (Å²) < 4.78 is 38.5. The zero-order valence-electron chi connectivity index (χ0n) is 11.9. The molecule has 3 N–H and O–H groups in total. The normalized spacial score (nSPS) is 17.8. The fourth-order valence-electron chi connectivity index (χ4n) is 2.71. The van der Waals surface area contributed by atoms with Crippen LogP contribution in [0.25, 0.3) is 0 Å². The first-order valence-electron chi connectivity index (χ1n) is 7.00. The van der Waals surface area contributed by atoms with Crippen LogP contribution in [-0.2, 0) is 6.18 Å². The molecule has 0 radical (unpaired) electrons. The summed E-state index contributed by atoms with van der Waals surface area (Å²) >= 11 is 0. The van der Waals surface area contributed by atoms with Gasteiger partial charge in [0.2, 0.25) is 0 Å². The van der Waals surface area contributed by atoms with Crippen LogP contribution in [0.4, 0.5) is 24.8 Å². The molecule has 0 aromatic carbocycles. The molecular formula is C14H20F3N3O. The fraction of sp³-hybridized carbons (Fsp3) is 0.643. The van der Waals surface area contributed by atoms with Crippen LogP contribution in [0.3, 0.4) is 0 Å². The second-order valence-corrected chi connectivity index (χ2v) is 5.59. The molecule has 1 saturated carbocycles. The predicted octanol–water partition coefficient (Wildman–Crippen LogP) is 3.11. The Labute approximate surface area is 121 Å². The van der Waals surface area contributed by atoms with E-state index in [9.17, 15) is 18.3 Å². The number of alkyl halides is 3. The van der Waals surface area contributed by atoms with Crippen LogP contribution in [0.5, 0.6) is 0 Å². The van der Waals surface area contributed by atoms with Crippen molar-refractivity contribution in [3.63, 3.8) is 0 Å². The first-order valence-corrected chi connectivity index (χ1v) is 7.00. The van der Waals surface area contributed by atoms with E-state index in [4.69, 9.17) is 0 Å². The van der Waals surface area contributed by atoms with E-state index in [-0.39, 0.29) is 23.7 Å². The second-order valence-electron chi connectivity index (χ2n) is 5.59. The Morgan fingerprint density at radius 1 is 1.24 bits per heavy atom. The number of pyridine rings is 1. The van der Waals surface area contributed by atoms with Gasteiger partial charge in [0.25, 0.3) is 0 Å². The Hall–Kier alpha value is -1.50. The Morgan fingerprint density at radius 2 is 1.86 bits per heavy atom. The molecule has 0 saturated heterocycles. The third kappa shape index (κ3) is 3.78. The van der Waals surface area contributed by atoms with Gasteiger partial charge in [-0.05, 0) is 25.0 Å². The molecule has 0 bridgehead atoms. The van der Waals surface area contributed by atoms with E-state index in [2.05, 4.69) is 15.6 Å². The van der Waals surface area contributed by atoms with E-state index in [1.165, 1.54) is 7.05 Å². The van der Waals surface area contributed by atoms with Crippen LogP contribution in [0.2, 0.25) is 0 Å². The third-order valence-electron chi connectivity index (χ3n) is 4.05. The lowest BCUT2D eigenvalue weighted by Gasteiger charge is -2.27. The second kappa shape index (κ2) is 6.09. The van der Waals surface area contributed by atoms with Crippen molar-refractivity contribution in [2.45, 2.75) is 31.9 Å². The van der Waals surface area contributed by atoms with Crippen molar-refractivity contribution >= 4 is 11.6 Å². The van der Waals surface area contributed by atoms with Crippen molar-refractivity contribution in [3.05, 3.63) is 17.7 Å². The first kappa shape index (κ1) is 15.9.